The van der Waals surface area contributed by atoms with Crippen molar-refractivity contribution in [1.29, 1.82) is 0 Å². The Labute approximate surface area is 105 Å². The van der Waals surface area contributed by atoms with E-state index in [1.807, 2.05) is 0 Å². The molecule has 0 saturated carbocycles. The summed E-state index contributed by atoms with van der Waals surface area (Å²) in [6.07, 6.45) is 5.50. The van der Waals surface area contributed by atoms with E-state index in [4.69, 9.17) is 0 Å². The molecule has 0 spiro atoms. The molecule has 0 amide bonds. The van der Waals surface area contributed by atoms with Crippen LogP contribution in [-0.4, -0.2) is 30.2 Å². The molecule has 1 fully saturated rings. The van der Waals surface area contributed by atoms with Gasteiger partial charge in [0, 0.05) is 12.5 Å². The summed E-state index contributed by atoms with van der Waals surface area (Å²) < 4.78 is 0. The van der Waals surface area contributed by atoms with Crippen molar-refractivity contribution in [2.24, 2.45) is 0 Å². The maximum atomic E-state index is 3.58. The van der Waals surface area contributed by atoms with Crippen molar-refractivity contribution in [3.8, 4) is 0 Å². The number of rotatable bonds is 5. The summed E-state index contributed by atoms with van der Waals surface area (Å²) in [6.45, 7) is 6.80. The van der Waals surface area contributed by atoms with Gasteiger partial charge in [0.15, 0.2) is 0 Å². The van der Waals surface area contributed by atoms with Crippen LogP contribution in [0.2, 0.25) is 0 Å². The van der Waals surface area contributed by atoms with Crippen LogP contribution in [0.4, 0.5) is 0 Å². The normalized spacial score (nSPS) is 21.9. The number of benzene rings is 1. The summed E-state index contributed by atoms with van der Waals surface area (Å²) in [7, 11) is 0. The highest BCUT2D eigenvalue weighted by Gasteiger charge is 2.24. The van der Waals surface area contributed by atoms with Crippen molar-refractivity contribution in [2.75, 3.05) is 13.1 Å². The Morgan fingerprint density at radius 2 is 2.18 bits per heavy atom. The summed E-state index contributed by atoms with van der Waals surface area (Å²) in [5.41, 5.74) is 1.32. The zero-order chi connectivity index (χ0) is 12.1. The van der Waals surface area contributed by atoms with E-state index in [2.05, 4.69) is 60.8 Å². The van der Waals surface area contributed by atoms with Gasteiger partial charge in [0.25, 0.3) is 0 Å². The largest absolute Gasteiger partial charge is 0.302 e. The fraction of sp³-hybridized carbons (Fsp3) is 0.533. The van der Waals surface area contributed by atoms with E-state index < -0.39 is 0 Å². The van der Waals surface area contributed by atoms with Gasteiger partial charge in [-0.25, -0.2) is 0 Å². The van der Waals surface area contributed by atoms with Gasteiger partial charge in [-0.1, -0.05) is 37.3 Å². The zero-order valence-electron chi connectivity index (χ0n) is 10.9. The first-order valence-electron chi connectivity index (χ1n) is 6.70. The van der Waals surface area contributed by atoms with Crippen molar-refractivity contribution >= 4 is 0 Å². The Hall–Kier alpha value is -0.860. The molecule has 0 aromatic heterocycles. The molecule has 1 N–H and O–H groups in total. The number of likely N-dealkylation sites (N-methyl/N-ethyl adjacent to an activating group) is 1. The van der Waals surface area contributed by atoms with E-state index in [9.17, 15) is 0 Å². The Kier molecular flexibility index (Phi) is 4.57. The summed E-state index contributed by atoms with van der Waals surface area (Å²) in [5.74, 6) is 0. The maximum absolute atomic E-state index is 3.58. The molecule has 1 aromatic rings. The van der Waals surface area contributed by atoms with E-state index >= 15 is 0 Å². The van der Waals surface area contributed by atoms with Gasteiger partial charge < -0.3 is 5.32 Å². The van der Waals surface area contributed by atoms with Crippen LogP contribution in [0.25, 0.3) is 0 Å². The second-order valence-electron chi connectivity index (χ2n) is 4.76. The van der Waals surface area contributed by atoms with Gasteiger partial charge in [0.05, 0.1) is 6.17 Å². The Bertz CT molecular complexity index is 317. The predicted molar refractivity (Wildman–Crippen MR) is 72.7 cm³/mol. The molecule has 1 aromatic carbocycles. The highest BCUT2D eigenvalue weighted by atomic mass is 15.3. The predicted octanol–water partition coefficient (Wildman–Crippen LogP) is 2.66. The summed E-state index contributed by atoms with van der Waals surface area (Å²) in [6, 6.07) is 11.1. The summed E-state index contributed by atoms with van der Waals surface area (Å²) in [4.78, 5) is 2.54. The lowest BCUT2D eigenvalue weighted by molar-refractivity contribution is 0.157. The fourth-order valence-electron chi connectivity index (χ4n) is 2.68. The molecule has 2 rings (SSSR count). The number of nitrogens with zero attached hydrogens (tertiary/aromatic N) is 1. The van der Waals surface area contributed by atoms with Gasteiger partial charge in [0.1, 0.15) is 0 Å². The molecule has 2 heteroatoms. The first-order chi connectivity index (χ1) is 8.31. The minimum absolute atomic E-state index is 0.484. The highest BCUT2D eigenvalue weighted by Crippen LogP contribution is 2.17. The van der Waals surface area contributed by atoms with Crippen LogP contribution < -0.4 is 5.32 Å². The molecule has 2 nitrogen and oxygen atoms in total. The topological polar surface area (TPSA) is 15.3 Å². The van der Waals surface area contributed by atoms with Crippen LogP contribution in [-0.2, 0) is 0 Å². The lowest BCUT2D eigenvalue weighted by Gasteiger charge is -2.33. The third-order valence-corrected chi connectivity index (χ3v) is 3.56. The van der Waals surface area contributed by atoms with Crippen molar-refractivity contribution in [3.63, 3.8) is 0 Å². The monoisotopic (exact) mass is 231 g/mol. The quantitative estimate of drug-likeness (QED) is 0.838. The average Bonchev–Trinajstić information content (AvgIpc) is 2.85. The molecule has 1 saturated heterocycles. The lowest BCUT2D eigenvalue weighted by Crippen LogP contribution is -2.46. The first-order valence-corrected chi connectivity index (χ1v) is 6.70. The number of hydrogen-bond donors (Lipinski definition) is 1. The van der Waals surface area contributed by atoms with E-state index in [0.29, 0.717) is 12.2 Å². The SMILES string of the molecule is CCN(C(C)[CH]c1ccccc1)C1CCCN1. The van der Waals surface area contributed by atoms with E-state index in [0.717, 1.165) is 6.54 Å². The number of nitrogens with one attached hydrogen (secondary N) is 1. The van der Waals surface area contributed by atoms with Gasteiger partial charge in [-0.05, 0) is 38.4 Å². The molecular formula is C15H23N2. The van der Waals surface area contributed by atoms with Gasteiger partial charge in [0.2, 0.25) is 0 Å². The summed E-state index contributed by atoms with van der Waals surface area (Å²) in [5, 5.41) is 3.58. The molecule has 1 aliphatic rings. The molecular weight excluding hydrogens is 208 g/mol. The third kappa shape index (κ3) is 3.30. The minimum Gasteiger partial charge on any atom is -0.302 e. The minimum atomic E-state index is 0.484. The van der Waals surface area contributed by atoms with Crippen LogP contribution >= 0.6 is 0 Å². The van der Waals surface area contributed by atoms with E-state index in [-0.39, 0.29) is 0 Å². The molecule has 1 aliphatic heterocycles. The molecule has 1 heterocycles. The van der Waals surface area contributed by atoms with Crippen LogP contribution in [0.3, 0.4) is 0 Å². The lowest BCUT2D eigenvalue weighted by atomic mass is 10.1. The van der Waals surface area contributed by atoms with E-state index in [1.54, 1.807) is 0 Å². The molecule has 2 unspecified atom stereocenters. The molecule has 17 heavy (non-hydrogen) atoms. The van der Waals surface area contributed by atoms with Crippen molar-refractivity contribution in [3.05, 3.63) is 42.3 Å². The van der Waals surface area contributed by atoms with Gasteiger partial charge in [-0.2, -0.15) is 0 Å². The average molecular weight is 231 g/mol. The third-order valence-electron chi connectivity index (χ3n) is 3.56. The Morgan fingerprint density at radius 1 is 1.41 bits per heavy atom. The van der Waals surface area contributed by atoms with Gasteiger partial charge in [-0.15, -0.1) is 0 Å². The molecule has 1 radical (unpaired) electrons. The molecule has 2 atom stereocenters. The standard InChI is InChI=1S/C15H23N2/c1-3-17(15-10-7-11-16-15)13(2)12-14-8-5-4-6-9-14/h4-6,8-9,12-13,15-16H,3,7,10-11H2,1-2H3. The zero-order valence-corrected chi connectivity index (χ0v) is 10.9. The first kappa shape index (κ1) is 12.6. The van der Waals surface area contributed by atoms with Gasteiger partial charge >= 0.3 is 0 Å². The van der Waals surface area contributed by atoms with Crippen LogP contribution in [0, 0.1) is 6.42 Å². The Balaban J connectivity index is 1.95. The highest BCUT2D eigenvalue weighted by molar-refractivity contribution is 5.24. The Morgan fingerprint density at radius 3 is 2.76 bits per heavy atom. The number of hydrogen-bond acceptors (Lipinski definition) is 2. The second kappa shape index (κ2) is 6.18. The molecule has 93 valence electrons. The summed E-state index contributed by atoms with van der Waals surface area (Å²) >= 11 is 0. The van der Waals surface area contributed by atoms with E-state index in [1.165, 1.54) is 24.9 Å². The molecule has 0 bridgehead atoms. The van der Waals surface area contributed by atoms with Crippen molar-refractivity contribution in [2.45, 2.75) is 38.9 Å². The van der Waals surface area contributed by atoms with Crippen molar-refractivity contribution in [1.82, 2.24) is 10.2 Å². The van der Waals surface area contributed by atoms with Crippen molar-refractivity contribution < 1.29 is 0 Å². The molecule has 0 aliphatic carbocycles. The van der Waals surface area contributed by atoms with Crippen LogP contribution in [0.1, 0.15) is 32.3 Å². The second-order valence-corrected chi connectivity index (χ2v) is 4.76. The smallest absolute Gasteiger partial charge is 0.0600 e. The fourth-order valence-corrected chi connectivity index (χ4v) is 2.68. The van der Waals surface area contributed by atoms with Gasteiger partial charge in [-0.3, -0.25) is 4.90 Å². The maximum Gasteiger partial charge on any atom is 0.0600 e. The van der Waals surface area contributed by atoms with Crippen LogP contribution in [0.15, 0.2) is 30.3 Å². The van der Waals surface area contributed by atoms with Crippen LogP contribution in [0.5, 0.6) is 0 Å².